The second kappa shape index (κ2) is 5.72. The van der Waals surface area contributed by atoms with E-state index in [2.05, 4.69) is 15.2 Å². The van der Waals surface area contributed by atoms with E-state index in [-0.39, 0.29) is 10.7 Å². The van der Waals surface area contributed by atoms with Gasteiger partial charge >= 0.3 is 6.18 Å². The van der Waals surface area contributed by atoms with Gasteiger partial charge < -0.3 is 4.90 Å². The number of hydrogen-bond acceptors (Lipinski definition) is 3. The van der Waals surface area contributed by atoms with Gasteiger partial charge in [0.15, 0.2) is 0 Å². The van der Waals surface area contributed by atoms with Crippen LogP contribution in [0.1, 0.15) is 24.4 Å². The van der Waals surface area contributed by atoms with E-state index in [1.165, 1.54) is 12.4 Å². The minimum Gasteiger partial charge on any atom is -0.305 e. The van der Waals surface area contributed by atoms with Crippen LogP contribution in [0.4, 0.5) is 18.9 Å². The van der Waals surface area contributed by atoms with Crippen molar-refractivity contribution in [3.63, 3.8) is 0 Å². The monoisotopic (exact) mass is 318 g/mol. The van der Waals surface area contributed by atoms with E-state index >= 15 is 0 Å². The molecular weight excluding hydrogens is 309 g/mol. The summed E-state index contributed by atoms with van der Waals surface area (Å²) < 4.78 is 38.4. The fourth-order valence-corrected chi connectivity index (χ4v) is 2.04. The molecule has 112 valence electrons. The van der Waals surface area contributed by atoms with E-state index in [9.17, 15) is 18.0 Å². The molecule has 0 radical (unpaired) electrons. The molecule has 1 amide bonds. The number of anilines is 1. The summed E-state index contributed by atoms with van der Waals surface area (Å²) in [6.07, 6.45) is -2.89. The van der Waals surface area contributed by atoms with E-state index in [0.717, 1.165) is 17.0 Å². The number of rotatable bonds is 4. The fourth-order valence-electron chi connectivity index (χ4n) is 1.81. The molecule has 1 atom stereocenters. The first-order valence-electron chi connectivity index (χ1n) is 5.79. The Hall–Kier alpha value is -2.09. The molecule has 2 rings (SSSR count). The zero-order chi connectivity index (χ0) is 15.6. The highest BCUT2D eigenvalue weighted by atomic mass is 35.5. The number of carbonyl (C=O) groups is 1. The van der Waals surface area contributed by atoms with Crippen molar-refractivity contribution in [2.24, 2.45) is 0 Å². The van der Waals surface area contributed by atoms with Crippen LogP contribution in [0.15, 0.2) is 24.5 Å². The Morgan fingerprint density at radius 2 is 2.10 bits per heavy atom. The van der Waals surface area contributed by atoms with Crippen LogP contribution in [0.2, 0.25) is 5.02 Å². The topological polar surface area (TPSA) is 61.9 Å². The molecule has 0 saturated carbocycles. The maximum absolute atomic E-state index is 12.8. The lowest BCUT2D eigenvalue weighted by Gasteiger charge is -2.24. The molecule has 0 spiro atoms. The Balaban J connectivity index is 2.43. The van der Waals surface area contributed by atoms with Gasteiger partial charge in [0.2, 0.25) is 6.41 Å². The van der Waals surface area contributed by atoms with Crippen LogP contribution in [0.25, 0.3) is 0 Å². The van der Waals surface area contributed by atoms with Gasteiger partial charge in [-0.05, 0) is 25.1 Å². The number of H-pyrrole nitrogens is 1. The summed E-state index contributed by atoms with van der Waals surface area (Å²) in [5, 5.41) is 6.09. The third-order valence-electron chi connectivity index (χ3n) is 2.87. The molecule has 0 bridgehead atoms. The van der Waals surface area contributed by atoms with Crippen LogP contribution in [0, 0.1) is 0 Å². The summed E-state index contributed by atoms with van der Waals surface area (Å²) in [5.74, 6) is 0.343. The van der Waals surface area contributed by atoms with Crippen molar-refractivity contribution >= 4 is 23.7 Å². The first-order chi connectivity index (χ1) is 9.82. The van der Waals surface area contributed by atoms with Crippen molar-refractivity contribution in [2.75, 3.05) is 4.90 Å². The summed E-state index contributed by atoms with van der Waals surface area (Å²) >= 11 is 5.71. The predicted octanol–water partition coefficient (Wildman–Crippen LogP) is 3.20. The number of halogens is 4. The summed E-state index contributed by atoms with van der Waals surface area (Å²) in [4.78, 5) is 16.2. The first-order valence-corrected chi connectivity index (χ1v) is 6.17. The number of benzene rings is 1. The smallest absolute Gasteiger partial charge is 0.305 e. The predicted molar refractivity (Wildman–Crippen MR) is 69.8 cm³/mol. The quantitative estimate of drug-likeness (QED) is 0.881. The minimum absolute atomic E-state index is 0.0220. The normalized spacial score (nSPS) is 13.0. The average Bonchev–Trinajstić information content (AvgIpc) is 2.91. The van der Waals surface area contributed by atoms with Gasteiger partial charge in [-0.1, -0.05) is 11.6 Å². The molecular formula is C12H10ClF3N4O. The van der Waals surface area contributed by atoms with Gasteiger partial charge in [0.1, 0.15) is 12.2 Å². The molecule has 1 aromatic heterocycles. The van der Waals surface area contributed by atoms with Gasteiger partial charge in [-0.3, -0.25) is 9.89 Å². The van der Waals surface area contributed by atoms with E-state index in [4.69, 9.17) is 11.6 Å². The number of aromatic nitrogens is 3. The Labute approximate surface area is 122 Å². The van der Waals surface area contributed by atoms with Gasteiger partial charge in [0.25, 0.3) is 0 Å². The van der Waals surface area contributed by atoms with Gasteiger partial charge in [-0.15, -0.1) is 0 Å². The minimum atomic E-state index is -4.55. The number of amides is 1. The van der Waals surface area contributed by atoms with Crippen LogP contribution in [-0.2, 0) is 11.0 Å². The summed E-state index contributed by atoms with van der Waals surface area (Å²) in [5.41, 5.74) is -0.907. The standard InChI is InChI=1S/C12H10ClF3N4O/c1-7(11-17-5-18-19-11)20(6-21)10-3-8(12(14,15)16)2-9(13)4-10/h2-7H,1H3,(H,17,18,19). The summed E-state index contributed by atoms with van der Waals surface area (Å²) in [6, 6.07) is 2.31. The Morgan fingerprint density at radius 1 is 1.38 bits per heavy atom. The fraction of sp³-hybridized carbons (Fsp3) is 0.250. The highest BCUT2D eigenvalue weighted by Crippen LogP contribution is 2.35. The van der Waals surface area contributed by atoms with Crippen molar-refractivity contribution in [2.45, 2.75) is 19.1 Å². The molecule has 0 fully saturated rings. The van der Waals surface area contributed by atoms with Crippen LogP contribution in [0.3, 0.4) is 0 Å². The van der Waals surface area contributed by atoms with Crippen molar-refractivity contribution in [1.82, 2.24) is 15.2 Å². The molecule has 1 aromatic carbocycles. The molecule has 1 N–H and O–H groups in total. The molecule has 1 heterocycles. The molecule has 2 aromatic rings. The summed E-state index contributed by atoms with van der Waals surface area (Å²) in [6.45, 7) is 1.60. The number of alkyl halides is 3. The van der Waals surface area contributed by atoms with Crippen molar-refractivity contribution in [3.05, 3.63) is 40.9 Å². The highest BCUT2D eigenvalue weighted by molar-refractivity contribution is 6.31. The molecule has 1 unspecified atom stereocenters. The molecule has 0 saturated heterocycles. The van der Waals surface area contributed by atoms with E-state index < -0.39 is 17.8 Å². The Morgan fingerprint density at radius 3 is 2.62 bits per heavy atom. The molecule has 0 aliphatic heterocycles. The van der Waals surface area contributed by atoms with Crippen molar-refractivity contribution in [1.29, 1.82) is 0 Å². The lowest BCUT2D eigenvalue weighted by molar-refractivity contribution is -0.137. The van der Waals surface area contributed by atoms with E-state index in [1.54, 1.807) is 6.92 Å². The Kier molecular flexibility index (Phi) is 4.17. The molecule has 0 aliphatic rings. The lowest BCUT2D eigenvalue weighted by Crippen LogP contribution is -2.26. The highest BCUT2D eigenvalue weighted by Gasteiger charge is 2.32. The maximum Gasteiger partial charge on any atom is 0.416 e. The molecule has 21 heavy (non-hydrogen) atoms. The zero-order valence-corrected chi connectivity index (χ0v) is 11.5. The molecule has 9 heteroatoms. The van der Waals surface area contributed by atoms with Crippen molar-refractivity contribution < 1.29 is 18.0 Å². The van der Waals surface area contributed by atoms with Gasteiger partial charge in [-0.2, -0.15) is 18.3 Å². The molecule has 5 nitrogen and oxygen atoms in total. The third-order valence-corrected chi connectivity index (χ3v) is 3.09. The van der Waals surface area contributed by atoms with Gasteiger partial charge in [-0.25, -0.2) is 4.98 Å². The largest absolute Gasteiger partial charge is 0.416 e. The third kappa shape index (κ3) is 3.33. The van der Waals surface area contributed by atoms with Crippen molar-refractivity contribution in [3.8, 4) is 0 Å². The number of aromatic amines is 1. The Bertz CT molecular complexity index is 630. The second-order valence-corrected chi connectivity index (χ2v) is 4.69. The molecule has 0 aliphatic carbocycles. The van der Waals surface area contributed by atoms with Crippen LogP contribution in [0.5, 0.6) is 0 Å². The zero-order valence-electron chi connectivity index (χ0n) is 10.7. The van der Waals surface area contributed by atoms with E-state index in [1.807, 2.05) is 0 Å². The lowest BCUT2D eigenvalue weighted by atomic mass is 10.1. The van der Waals surface area contributed by atoms with Gasteiger partial charge in [0.05, 0.1) is 11.6 Å². The second-order valence-electron chi connectivity index (χ2n) is 4.26. The average molecular weight is 319 g/mol. The number of nitrogens with zero attached hydrogens (tertiary/aromatic N) is 3. The number of nitrogens with one attached hydrogen (secondary N) is 1. The summed E-state index contributed by atoms with van der Waals surface area (Å²) in [7, 11) is 0. The van der Waals surface area contributed by atoms with E-state index in [0.29, 0.717) is 12.2 Å². The van der Waals surface area contributed by atoms with Crippen LogP contribution in [-0.4, -0.2) is 21.6 Å². The maximum atomic E-state index is 12.8. The number of carbonyl (C=O) groups excluding carboxylic acids is 1. The SMILES string of the molecule is CC(c1ncn[nH]1)N(C=O)c1cc(Cl)cc(C(F)(F)F)c1. The van der Waals surface area contributed by atoms with Crippen LogP contribution < -0.4 is 4.90 Å². The van der Waals surface area contributed by atoms with Crippen LogP contribution >= 0.6 is 11.6 Å². The number of hydrogen-bond donors (Lipinski definition) is 1. The first kappa shape index (κ1) is 15.3. The van der Waals surface area contributed by atoms with Gasteiger partial charge in [0, 0.05) is 10.7 Å².